The smallest absolute Gasteiger partial charge is 0.274 e. The first-order valence-electron chi connectivity index (χ1n) is 6.90. The molecule has 0 radical (unpaired) electrons. The highest BCUT2D eigenvalue weighted by atomic mass is 32.1. The van der Waals surface area contributed by atoms with E-state index in [1.165, 1.54) is 11.3 Å². The van der Waals surface area contributed by atoms with E-state index in [1.54, 1.807) is 7.11 Å². The van der Waals surface area contributed by atoms with Gasteiger partial charge in [0.25, 0.3) is 5.91 Å². The predicted molar refractivity (Wildman–Crippen MR) is 86.7 cm³/mol. The van der Waals surface area contributed by atoms with Gasteiger partial charge < -0.3 is 9.30 Å². The number of nitrogens with one attached hydrogen (secondary N) is 1. The fraction of sp³-hybridized carbons (Fsp3) is 0.267. The highest BCUT2D eigenvalue weighted by molar-refractivity contribution is 7.15. The lowest BCUT2D eigenvalue weighted by Gasteiger charge is -2.04. The van der Waals surface area contributed by atoms with Crippen molar-refractivity contribution in [3.63, 3.8) is 0 Å². The van der Waals surface area contributed by atoms with Crippen LogP contribution in [0.3, 0.4) is 0 Å². The topological polar surface area (TPSA) is 69.0 Å². The molecular weight excluding hydrogens is 300 g/mol. The molecule has 3 rings (SSSR count). The van der Waals surface area contributed by atoms with Crippen molar-refractivity contribution in [3.8, 4) is 5.75 Å². The van der Waals surface area contributed by atoms with Gasteiger partial charge in [0.05, 0.1) is 12.6 Å². The number of rotatable bonds is 4. The number of benzene rings is 1. The van der Waals surface area contributed by atoms with Crippen LogP contribution in [0.15, 0.2) is 24.3 Å². The van der Waals surface area contributed by atoms with E-state index < -0.39 is 0 Å². The van der Waals surface area contributed by atoms with Gasteiger partial charge in [-0.25, -0.2) is 0 Å². The number of carbonyl (C=O) groups excluding carboxylic acids is 1. The minimum Gasteiger partial charge on any atom is -0.496 e. The average molecular weight is 316 g/mol. The third kappa shape index (κ3) is 2.43. The van der Waals surface area contributed by atoms with E-state index in [1.807, 2.05) is 42.8 Å². The van der Waals surface area contributed by atoms with Crippen molar-refractivity contribution < 1.29 is 9.53 Å². The third-order valence-electron chi connectivity index (χ3n) is 3.49. The highest BCUT2D eigenvalue weighted by Gasteiger charge is 2.17. The number of amides is 1. The molecule has 7 heteroatoms. The SMILES string of the molecule is CCc1nnc(NC(=O)c2cc3c(OC)cccc3n2C)s1. The van der Waals surface area contributed by atoms with Crippen LogP contribution in [0.25, 0.3) is 10.9 Å². The maximum Gasteiger partial charge on any atom is 0.274 e. The van der Waals surface area contributed by atoms with Crippen molar-refractivity contribution in [3.05, 3.63) is 35.0 Å². The van der Waals surface area contributed by atoms with Gasteiger partial charge in [-0.1, -0.05) is 24.3 Å². The Morgan fingerprint density at radius 3 is 2.91 bits per heavy atom. The van der Waals surface area contributed by atoms with E-state index in [9.17, 15) is 4.79 Å². The fourth-order valence-corrected chi connectivity index (χ4v) is 3.01. The molecule has 1 amide bonds. The highest BCUT2D eigenvalue weighted by Crippen LogP contribution is 2.28. The minimum absolute atomic E-state index is 0.209. The number of nitrogens with zero attached hydrogens (tertiary/aromatic N) is 3. The second-order valence-electron chi connectivity index (χ2n) is 4.79. The Morgan fingerprint density at radius 1 is 1.41 bits per heavy atom. The molecule has 0 unspecified atom stereocenters. The molecule has 0 aliphatic heterocycles. The van der Waals surface area contributed by atoms with Gasteiger partial charge in [-0.05, 0) is 24.6 Å². The summed E-state index contributed by atoms with van der Waals surface area (Å²) in [5.74, 6) is 0.538. The number of hydrogen-bond donors (Lipinski definition) is 1. The number of anilines is 1. The number of fused-ring (bicyclic) bond motifs is 1. The molecule has 0 saturated carbocycles. The maximum atomic E-state index is 12.5. The summed E-state index contributed by atoms with van der Waals surface area (Å²) in [5.41, 5.74) is 1.49. The summed E-state index contributed by atoms with van der Waals surface area (Å²) in [7, 11) is 3.48. The fourth-order valence-electron chi connectivity index (χ4n) is 2.34. The molecule has 0 aliphatic rings. The van der Waals surface area contributed by atoms with Crippen molar-refractivity contribution in [1.29, 1.82) is 0 Å². The quantitative estimate of drug-likeness (QED) is 0.803. The number of carbonyl (C=O) groups is 1. The molecule has 2 aromatic heterocycles. The lowest BCUT2D eigenvalue weighted by Crippen LogP contribution is -2.15. The van der Waals surface area contributed by atoms with Crippen LogP contribution < -0.4 is 10.1 Å². The van der Waals surface area contributed by atoms with Crippen LogP contribution in [0, 0.1) is 0 Å². The molecular formula is C15H16N4O2S. The molecule has 6 nitrogen and oxygen atoms in total. The van der Waals surface area contributed by atoms with Gasteiger partial charge >= 0.3 is 0 Å². The molecule has 22 heavy (non-hydrogen) atoms. The van der Waals surface area contributed by atoms with Gasteiger partial charge in [0, 0.05) is 12.4 Å². The van der Waals surface area contributed by atoms with Gasteiger partial charge in [-0.2, -0.15) is 0 Å². The molecule has 0 aliphatic carbocycles. The Bertz CT molecular complexity index is 837. The van der Waals surface area contributed by atoms with Crippen molar-refractivity contribution in [2.24, 2.45) is 7.05 Å². The van der Waals surface area contributed by atoms with Crippen LogP contribution in [-0.2, 0) is 13.5 Å². The molecule has 0 saturated heterocycles. The summed E-state index contributed by atoms with van der Waals surface area (Å²) >= 11 is 1.39. The Balaban J connectivity index is 1.95. The number of methoxy groups -OCH3 is 1. The summed E-state index contributed by atoms with van der Waals surface area (Å²) in [5, 5.41) is 13.1. The Kier molecular flexibility index (Phi) is 3.81. The van der Waals surface area contributed by atoms with E-state index >= 15 is 0 Å². The van der Waals surface area contributed by atoms with Crippen molar-refractivity contribution >= 4 is 33.3 Å². The third-order valence-corrected chi connectivity index (χ3v) is 4.47. The average Bonchev–Trinajstić information content (AvgIpc) is 3.12. The molecule has 0 spiro atoms. The number of hydrogen-bond acceptors (Lipinski definition) is 5. The van der Waals surface area contributed by atoms with Gasteiger partial charge in [-0.15, -0.1) is 10.2 Å². The second kappa shape index (κ2) is 5.76. The van der Waals surface area contributed by atoms with Gasteiger partial charge in [-0.3, -0.25) is 10.1 Å². The summed E-state index contributed by atoms with van der Waals surface area (Å²) in [4.78, 5) is 12.5. The number of aromatic nitrogens is 3. The largest absolute Gasteiger partial charge is 0.496 e. The lowest BCUT2D eigenvalue weighted by atomic mass is 10.2. The second-order valence-corrected chi connectivity index (χ2v) is 5.85. The Morgan fingerprint density at radius 2 is 2.23 bits per heavy atom. The molecule has 1 N–H and O–H groups in total. The van der Waals surface area contributed by atoms with E-state index in [2.05, 4.69) is 15.5 Å². The summed E-state index contributed by atoms with van der Waals surface area (Å²) in [6.07, 6.45) is 0.804. The number of ether oxygens (including phenoxy) is 1. The lowest BCUT2D eigenvalue weighted by molar-refractivity contribution is 0.101. The maximum absolute atomic E-state index is 12.5. The van der Waals surface area contributed by atoms with Crippen LogP contribution >= 0.6 is 11.3 Å². The van der Waals surface area contributed by atoms with E-state index in [-0.39, 0.29) is 5.91 Å². The first-order valence-corrected chi connectivity index (χ1v) is 7.71. The first kappa shape index (κ1) is 14.5. The van der Waals surface area contributed by atoms with Gasteiger partial charge in [0.2, 0.25) is 5.13 Å². The molecule has 0 atom stereocenters. The molecule has 114 valence electrons. The molecule has 1 aromatic carbocycles. The zero-order valence-corrected chi connectivity index (χ0v) is 13.4. The first-order chi connectivity index (χ1) is 10.6. The van der Waals surface area contributed by atoms with Crippen LogP contribution in [0.4, 0.5) is 5.13 Å². The predicted octanol–water partition coefficient (Wildman–Crippen LogP) is 2.85. The van der Waals surface area contributed by atoms with Gasteiger partial charge in [0.15, 0.2) is 0 Å². The Labute approximate surface area is 131 Å². The monoisotopic (exact) mass is 316 g/mol. The number of aryl methyl sites for hydroxylation is 2. The molecule has 0 bridgehead atoms. The van der Waals surface area contributed by atoms with Crippen LogP contribution in [0.1, 0.15) is 22.4 Å². The van der Waals surface area contributed by atoms with Crippen LogP contribution in [-0.4, -0.2) is 27.8 Å². The zero-order chi connectivity index (χ0) is 15.7. The van der Waals surface area contributed by atoms with Crippen LogP contribution in [0.2, 0.25) is 0 Å². The van der Waals surface area contributed by atoms with E-state index in [4.69, 9.17) is 4.74 Å². The Hall–Kier alpha value is -2.41. The standard InChI is InChI=1S/C15H16N4O2S/c1-4-13-17-18-15(22-13)16-14(20)11-8-9-10(19(11)2)6-5-7-12(9)21-3/h5-8H,4H2,1-3H3,(H,16,18,20). The van der Waals surface area contributed by atoms with Crippen molar-refractivity contribution in [2.75, 3.05) is 12.4 Å². The zero-order valence-electron chi connectivity index (χ0n) is 12.6. The van der Waals surface area contributed by atoms with Crippen molar-refractivity contribution in [2.45, 2.75) is 13.3 Å². The molecule has 3 aromatic rings. The van der Waals surface area contributed by atoms with Gasteiger partial charge in [0.1, 0.15) is 16.5 Å². The van der Waals surface area contributed by atoms with Crippen molar-refractivity contribution in [1.82, 2.24) is 14.8 Å². The summed E-state index contributed by atoms with van der Waals surface area (Å²) < 4.78 is 7.19. The summed E-state index contributed by atoms with van der Waals surface area (Å²) in [6, 6.07) is 7.56. The normalized spacial score (nSPS) is 10.9. The molecule has 0 fully saturated rings. The molecule has 2 heterocycles. The summed E-state index contributed by atoms with van der Waals surface area (Å²) in [6.45, 7) is 2.00. The van der Waals surface area contributed by atoms with E-state index in [0.717, 1.165) is 28.1 Å². The van der Waals surface area contributed by atoms with E-state index in [0.29, 0.717) is 10.8 Å². The van der Waals surface area contributed by atoms with Crippen LogP contribution in [0.5, 0.6) is 5.75 Å². The minimum atomic E-state index is -0.209.